The van der Waals surface area contributed by atoms with Crippen LogP contribution in [0.4, 0.5) is 10.5 Å². The molecule has 0 radical (unpaired) electrons. The van der Waals surface area contributed by atoms with Crippen molar-refractivity contribution < 1.29 is 19.1 Å². The normalized spacial score (nSPS) is 18.5. The molecule has 2 aromatic carbocycles. The maximum atomic E-state index is 13.3. The lowest BCUT2D eigenvalue weighted by Crippen LogP contribution is -2.52. The van der Waals surface area contributed by atoms with Gasteiger partial charge in [-0.15, -0.1) is 0 Å². The van der Waals surface area contributed by atoms with Crippen LogP contribution < -0.4 is 19.7 Å². The number of aryl methyl sites for hydroxylation is 1. The number of anilines is 1. The summed E-state index contributed by atoms with van der Waals surface area (Å²) in [5.74, 6) is 1.48. The van der Waals surface area contributed by atoms with E-state index in [1.165, 1.54) is 0 Å². The zero-order valence-corrected chi connectivity index (χ0v) is 19.0. The van der Waals surface area contributed by atoms with Gasteiger partial charge in [-0.25, -0.2) is 4.79 Å². The number of urea groups is 1. The van der Waals surface area contributed by atoms with Gasteiger partial charge in [0.2, 0.25) is 5.91 Å². The number of rotatable bonds is 4. The molecule has 1 atom stereocenters. The number of likely N-dealkylation sites (tertiary alicyclic amines) is 1. The van der Waals surface area contributed by atoms with Crippen LogP contribution in [-0.4, -0.2) is 49.7 Å². The molecule has 170 valence electrons. The van der Waals surface area contributed by atoms with E-state index >= 15 is 0 Å². The summed E-state index contributed by atoms with van der Waals surface area (Å²) in [6, 6.07) is 13.6. The monoisotopic (exact) mass is 437 g/mol. The highest BCUT2D eigenvalue weighted by Gasteiger charge is 2.33. The van der Waals surface area contributed by atoms with E-state index in [4.69, 9.17) is 9.47 Å². The molecule has 1 fully saturated rings. The van der Waals surface area contributed by atoms with E-state index in [1.807, 2.05) is 66.1 Å². The van der Waals surface area contributed by atoms with Crippen molar-refractivity contribution in [2.45, 2.75) is 39.3 Å². The van der Waals surface area contributed by atoms with Crippen LogP contribution in [0.3, 0.4) is 0 Å². The van der Waals surface area contributed by atoms with Gasteiger partial charge in [0, 0.05) is 25.6 Å². The number of hydrogen-bond acceptors (Lipinski definition) is 4. The summed E-state index contributed by atoms with van der Waals surface area (Å²) in [5.41, 5.74) is 2.91. The van der Waals surface area contributed by atoms with Crippen molar-refractivity contribution in [3.8, 4) is 11.5 Å². The van der Waals surface area contributed by atoms with Gasteiger partial charge in [-0.1, -0.05) is 18.2 Å². The Kier molecular flexibility index (Phi) is 6.53. The standard InChI is InChI=1S/C25H31N3O4/c1-17-7-8-23-22(13-17)28(16-18(2)32-23)25(30)27-11-9-20(10-12-27)24(29)26-15-19-5-4-6-21(14-19)31-3/h4-8,13-14,18,20H,9-12,15-16H2,1-3H3,(H,26,29)/t18-/m0/s1. The van der Waals surface area contributed by atoms with Crippen LogP contribution in [0.15, 0.2) is 42.5 Å². The second-order valence-electron chi connectivity index (χ2n) is 8.62. The molecule has 0 aliphatic carbocycles. The number of benzene rings is 2. The molecule has 0 aromatic heterocycles. The third-order valence-corrected chi connectivity index (χ3v) is 6.14. The third-order valence-electron chi connectivity index (χ3n) is 6.14. The van der Waals surface area contributed by atoms with Crippen molar-refractivity contribution in [3.05, 3.63) is 53.6 Å². The van der Waals surface area contributed by atoms with Gasteiger partial charge >= 0.3 is 6.03 Å². The van der Waals surface area contributed by atoms with Crippen molar-refractivity contribution in [2.24, 2.45) is 5.92 Å². The van der Waals surface area contributed by atoms with Crippen LogP contribution in [0.2, 0.25) is 0 Å². The van der Waals surface area contributed by atoms with E-state index < -0.39 is 0 Å². The number of nitrogens with zero attached hydrogens (tertiary/aromatic N) is 2. The highest BCUT2D eigenvalue weighted by Crippen LogP contribution is 2.35. The van der Waals surface area contributed by atoms with E-state index in [2.05, 4.69) is 5.32 Å². The lowest BCUT2D eigenvalue weighted by atomic mass is 9.96. The molecular weight excluding hydrogens is 406 g/mol. The van der Waals surface area contributed by atoms with Crippen molar-refractivity contribution >= 4 is 17.6 Å². The summed E-state index contributed by atoms with van der Waals surface area (Å²) in [4.78, 5) is 29.7. The molecule has 2 heterocycles. The van der Waals surface area contributed by atoms with E-state index in [1.54, 1.807) is 7.11 Å². The molecule has 1 saturated heterocycles. The summed E-state index contributed by atoms with van der Waals surface area (Å²) in [5, 5.41) is 3.03. The molecule has 4 rings (SSSR count). The lowest BCUT2D eigenvalue weighted by Gasteiger charge is -2.39. The average molecular weight is 438 g/mol. The Hall–Kier alpha value is -3.22. The zero-order chi connectivity index (χ0) is 22.7. The molecule has 0 bridgehead atoms. The molecule has 2 aromatic rings. The fourth-order valence-corrected chi connectivity index (χ4v) is 4.35. The van der Waals surface area contributed by atoms with Crippen LogP contribution in [-0.2, 0) is 11.3 Å². The Morgan fingerprint density at radius 1 is 1.16 bits per heavy atom. The Morgan fingerprint density at radius 3 is 2.69 bits per heavy atom. The molecule has 1 N–H and O–H groups in total. The van der Waals surface area contributed by atoms with Crippen LogP contribution in [0.5, 0.6) is 11.5 Å². The Balaban J connectivity index is 1.33. The first-order chi connectivity index (χ1) is 15.4. The minimum Gasteiger partial charge on any atom is -0.497 e. The topological polar surface area (TPSA) is 71.1 Å². The average Bonchev–Trinajstić information content (AvgIpc) is 2.82. The molecule has 0 saturated carbocycles. The van der Waals surface area contributed by atoms with Crippen molar-refractivity contribution in [3.63, 3.8) is 0 Å². The van der Waals surface area contributed by atoms with Gasteiger partial charge in [0.15, 0.2) is 0 Å². The Morgan fingerprint density at radius 2 is 1.94 bits per heavy atom. The maximum Gasteiger partial charge on any atom is 0.324 e. The molecule has 3 amide bonds. The number of fused-ring (bicyclic) bond motifs is 1. The molecule has 0 unspecified atom stereocenters. The number of methoxy groups -OCH3 is 1. The SMILES string of the molecule is COc1cccc(CNC(=O)C2CCN(C(=O)N3C[C@H](C)Oc4ccc(C)cc43)CC2)c1. The molecule has 7 heteroatoms. The number of carbonyl (C=O) groups excluding carboxylic acids is 2. The van der Waals surface area contributed by atoms with E-state index in [0.29, 0.717) is 39.0 Å². The second-order valence-corrected chi connectivity index (χ2v) is 8.62. The first kappa shape index (κ1) is 22.0. The Labute approximate surface area is 189 Å². The van der Waals surface area contributed by atoms with E-state index in [0.717, 1.165) is 28.3 Å². The summed E-state index contributed by atoms with van der Waals surface area (Å²) >= 11 is 0. The Bertz CT molecular complexity index is 985. The minimum atomic E-state index is -0.0807. The van der Waals surface area contributed by atoms with Crippen molar-refractivity contribution in [1.82, 2.24) is 10.2 Å². The highest BCUT2D eigenvalue weighted by molar-refractivity contribution is 5.94. The first-order valence-corrected chi connectivity index (χ1v) is 11.2. The summed E-state index contributed by atoms with van der Waals surface area (Å²) in [6.45, 7) is 6.12. The van der Waals surface area contributed by atoms with Crippen molar-refractivity contribution in [1.29, 1.82) is 0 Å². The smallest absolute Gasteiger partial charge is 0.324 e. The van der Waals surface area contributed by atoms with Crippen LogP contribution >= 0.6 is 0 Å². The summed E-state index contributed by atoms with van der Waals surface area (Å²) in [7, 11) is 1.63. The lowest BCUT2D eigenvalue weighted by molar-refractivity contribution is -0.126. The van der Waals surface area contributed by atoms with Gasteiger partial charge in [0.1, 0.15) is 17.6 Å². The van der Waals surface area contributed by atoms with Crippen LogP contribution in [0.25, 0.3) is 0 Å². The molecule has 7 nitrogen and oxygen atoms in total. The predicted molar refractivity (Wildman–Crippen MR) is 123 cm³/mol. The van der Waals surface area contributed by atoms with Gasteiger partial charge in [-0.2, -0.15) is 0 Å². The quantitative estimate of drug-likeness (QED) is 0.791. The molecule has 0 spiro atoms. The first-order valence-electron chi connectivity index (χ1n) is 11.2. The number of nitrogens with one attached hydrogen (secondary N) is 1. The van der Waals surface area contributed by atoms with E-state index in [-0.39, 0.29) is 24.0 Å². The number of piperidine rings is 1. The fourth-order valence-electron chi connectivity index (χ4n) is 4.35. The number of carbonyl (C=O) groups is 2. The molecule has 2 aliphatic rings. The number of ether oxygens (including phenoxy) is 2. The highest BCUT2D eigenvalue weighted by atomic mass is 16.5. The van der Waals surface area contributed by atoms with Gasteiger partial charge in [0.25, 0.3) is 0 Å². The van der Waals surface area contributed by atoms with Crippen LogP contribution in [0, 0.1) is 12.8 Å². The fraction of sp³-hybridized carbons (Fsp3) is 0.440. The van der Waals surface area contributed by atoms with Gasteiger partial charge in [-0.05, 0) is 62.1 Å². The largest absolute Gasteiger partial charge is 0.497 e. The molecule has 2 aliphatic heterocycles. The number of hydrogen-bond donors (Lipinski definition) is 1. The maximum absolute atomic E-state index is 13.3. The summed E-state index contributed by atoms with van der Waals surface area (Å²) < 4.78 is 11.1. The van der Waals surface area contributed by atoms with Crippen LogP contribution in [0.1, 0.15) is 30.9 Å². The molecule has 32 heavy (non-hydrogen) atoms. The van der Waals surface area contributed by atoms with Gasteiger partial charge in [0.05, 0.1) is 19.3 Å². The predicted octanol–water partition coefficient (Wildman–Crippen LogP) is 3.74. The third kappa shape index (κ3) is 4.82. The minimum absolute atomic E-state index is 0.0118. The van der Waals surface area contributed by atoms with Gasteiger partial charge in [-0.3, -0.25) is 9.69 Å². The number of amides is 3. The van der Waals surface area contributed by atoms with Gasteiger partial charge < -0.3 is 19.7 Å². The zero-order valence-electron chi connectivity index (χ0n) is 19.0. The summed E-state index contributed by atoms with van der Waals surface area (Å²) in [6.07, 6.45) is 1.26. The van der Waals surface area contributed by atoms with E-state index in [9.17, 15) is 9.59 Å². The van der Waals surface area contributed by atoms with Crippen molar-refractivity contribution in [2.75, 3.05) is 31.6 Å². The second kappa shape index (κ2) is 9.51. The molecular formula is C25H31N3O4.